The number of unbranched alkanes of at least 4 members (excludes halogenated alkanes) is 1. The van der Waals surface area contributed by atoms with Gasteiger partial charge in [-0.25, -0.2) is 0 Å². The van der Waals surface area contributed by atoms with Gasteiger partial charge in [0.1, 0.15) is 12.7 Å². The van der Waals surface area contributed by atoms with E-state index in [0.717, 1.165) is 6.08 Å². The van der Waals surface area contributed by atoms with Crippen LogP contribution in [0.3, 0.4) is 0 Å². The summed E-state index contributed by atoms with van der Waals surface area (Å²) in [7, 11) is 0. The Morgan fingerprint density at radius 2 is 2.12 bits per heavy atom. The molecule has 0 unspecified atom stereocenters. The number of alkyl halides is 2. The van der Waals surface area contributed by atoms with Gasteiger partial charge in [-0.3, -0.25) is 4.79 Å². The number of carbonyl (C=O) groups is 1. The third-order valence-electron chi connectivity index (χ3n) is 4.38. The van der Waals surface area contributed by atoms with Crippen LogP contribution in [0.2, 0.25) is 0 Å². The molecule has 2 atom stereocenters. The highest BCUT2D eigenvalue weighted by Crippen LogP contribution is 2.32. The maximum atomic E-state index is 14.3. The molecule has 26 heavy (non-hydrogen) atoms. The largest absolute Gasteiger partial charge is 0.428 e. The van der Waals surface area contributed by atoms with Crippen LogP contribution < -0.4 is 0 Å². The van der Waals surface area contributed by atoms with Gasteiger partial charge in [-0.05, 0) is 19.3 Å². The number of rotatable bonds is 9. The lowest BCUT2D eigenvalue weighted by Crippen LogP contribution is -2.34. The molecule has 0 aliphatic carbocycles. The summed E-state index contributed by atoms with van der Waals surface area (Å²) in [5.41, 5.74) is -0.256. The summed E-state index contributed by atoms with van der Waals surface area (Å²) in [6.45, 7) is 0.759. The van der Waals surface area contributed by atoms with Gasteiger partial charge < -0.3 is 14.7 Å². The second-order valence-corrected chi connectivity index (χ2v) is 6.16. The predicted molar refractivity (Wildman–Crippen MR) is 91.0 cm³/mol. The number of benzene rings is 1. The average molecular weight is 364 g/mol. The zero-order valence-electron chi connectivity index (χ0n) is 14.4. The molecule has 1 aromatic carbocycles. The first-order valence-electron chi connectivity index (χ1n) is 8.57. The Hall–Kier alpha value is -2.46. The van der Waals surface area contributed by atoms with Crippen LogP contribution in [0.25, 0.3) is 0 Å². The fourth-order valence-electron chi connectivity index (χ4n) is 2.93. The fourth-order valence-corrected chi connectivity index (χ4v) is 2.93. The smallest absolute Gasteiger partial charge is 0.302 e. The van der Waals surface area contributed by atoms with Crippen molar-refractivity contribution in [3.05, 3.63) is 48.0 Å². The zero-order chi connectivity index (χ0) is 19.0. The topological polar surface area (TPSA) is 73.6 Å². The van der Waals surface area contributed by atoms with E-state index in [9.17, 15) is 18.7 Å². The lowest BCUT2D eigenvalue weighted by atomic mass is 10.0. The SMILES string of the molecule is N#COCCCCN1C(=O)CC[C@@H]1C=C[C@@H](O)C(F)(F)c1ccccc1. The molecule has 1 aliphatic heterocycles. The second-order valence-electron chi connectivity index (χ2n) is 6.16. The number of hydrogen-bond donors (Lipinski definition) is 1. The predicted octanol–water partition coefficient (Wildman–Crippen LogP) is 2.96. The van der Waals surface area contributed by atoms with Crippen molar-refractivity contribution in [2.75, 3.05) is 13.2 Å². The molecule has 0 radical (unpaired) electrons. The normalized spacial score (nSPS) is 18.9. The van der Waals surface area contributed by atoms with E-state index in [-0.39, 0.29) is 17.5 Å². The Balaban J connectivity index is 1.94. The van der Waals surface area contributed by atoms with E-state index < -0.39 is 12.0 Å². The lowest BCUT2D eigenvalue weighted by molar-refractivity contribution is -0.128. The van der Waals surface area contributed by atoms with Crippen LogP contribution in [0.1, 0.15) is 31.2 Å². The molecular weight excluding hydrogens is 342 g/mol. The third kappa shape index (κ3) is 5.02. The van der Waals surface area contributed by atoms with Crippen LogP contribution in [0.5, 0.6) is 0 Å². The van der Waals surface area contributed by atoms with Crippen LogP contribution in [0.15, 0.2) is 42.5 Å². The number of nitrogens with zero attached hydrogens (tertiary/aromatic N) is 2. The number of likely N-dealkylation sites (tertiary alicyclic amines) is 1. The van der Waals surface area contributed by atoms with Crippen LogP contribution in [0, 0.1) is 11.5 Å². The summed E-state index contributed by atoms with van der Waals surface area (Å²) >= 11 is 0. The van der Waals surface area contributed by atoms with Crippen molar-refractivity contribution in [1.29, 1.82) is 5.26 Å². The van der Waals surface area contributed by atoms with Gasteiger partial charge in [0.05, 0.1) is 6.04 Å². The number of ether oxygens (including phenoxy) is 1. The first-order chi connectivity index (χ1) is 12.5. The Labute approximate surface area is 151 Å². The maximum absolute atomic E-state index is 14.3. The first kappa shape index (κ1) is 19.9. The Kier molecular flexibility index (Phi) is 7.10. The number of aliphatic hydroxyl groups is 1. The average Bonchev–Trinajstić information content (AvgIpc) is 3.00. The third-order valence-corrected chi connectivity index (χ3v) is 4.38. The molecule has 1 saturated heterocycles. The summed E-state index contributed by atoms with van der Waals surface area (Å²) in [4.78, 5) is 13.6. The molecule has 1 heterocycles. The second kappa shape index (κ2) is 9.30. The highest BCUT2D eigenvalue weighted by atomic mass is 19.3. The zero-order valence-corrected chi connectivity index (χ0v) is 14.4. The van der Waals surface area contributed by atoms with Crippen molar-refractivity contribution >= 4 is 5.91 Å². The number of aliphatic hydroxyl groups excluding tert-OH is 1. The highest BCUT2D eigenvalue weighted by Gasteiger charge is 2.39. The Morgan fingerprint density at radius 1 is 1.38 bits per heavy atom. The van der Waals surface area contributed by atoms with Gasteiger partial charge >= 0.3 is 5.92 Å². The Bertz CT molecular complexity index is 658. The standard InChI is InChI=1S/C19H22F2N2O3/c20-19(21,15-6-2-1-3-7-15)17(24)10-8-16-9-11-18(25)23(16)12-4-5-13-26-14-22/h1-3,6-8,10,16-17,24H,4-5,9,11-13H2/t16-,17+/m0/s1. The molecule has 1 amide bonds. The highest BCUT2D eigenvalue weighted by molar-refractivity contribution is 5.79. The minimum Gasteiger partial charge on any atom is -0.428 e. The Morgan fingerprint density at radius 3 is 2.81 bits per heavy atom. The lowest BCUT2D eigenvalue weighted by Gasteiger charge is -2.24. The molecule has 0 aromatic heterocycles. The molecular formula is C19H22F2N2O3. The summed E-state index contributed by atoms with van der Waals surface area (Å²) in [6.07, 6.45) is 4.35. The maximum Gasteiger partial charge on any atom is 0.302 e. The van der Waals surface area contributed by atoms with Gasteiger partial charge in [-0.2, -0.15) is 14.0 Å². The molecule has 0 saturated carbocycles. The monoisotopic (exact) mass is 364 g/mol. The van der Waals surface area contributed by atoms with E-state index in [1.165, 1.54) is 30.3 Å². The van der Waals surface area contributed by atoms with E-state index in [2.05, 4.69) is 4.74 Å². The van der Waals surface area contributed by atoms with Gasteiger partial charge in [0.2, 0.25) is 5.91 Å². The first-order valence-corrected chi connectivity index (χ1v) is 8.57. The van der Waals surface area contributed by atoms with E-state index in [0.29, 0.717) is 38.8 Å². The van der Waals surface area contributed by atoms with E-state index in [1.807, 2.05) is 0 Å². The van der Waals surface area contributed by atoms with Crippen molar-refractivity contribution in [1.82, 2.24) is 4.90 Å². The summed E-state index contributed by atoms with van der Waals surface area (Å²) in [6, 6.07) is 6.85. The quantitative estimate of drug-likeness (QED) is 0.415. The van der Waals surface area contributed by atoms with Gasteiger partial charge in [0, 0.05) is 18.5 Å². The van der Waals surface area contributed by atoms with E-state index in [1.54, 1.807) is 17.2 Å². The molecule has 1 N–H and O–H groups in total. The van der Waals surface area contributed by atoms with Crippen molar-refractivity contribution < 1.29 is 23.4 Å². The number of carbonyl (C=O) groups excluding carboxylic acids is 1. The minimum atomic E-state index is -3.40. The van der Waals surface area contributed by atoms with Crippen molar-refractivity contribution in [2.45, 2.75) is 43.8 Å². The molecule has 5 nitrogen and oxygen atoms in total. The van der Waals surface area contributed by atoms with Gasteiger partial charge in [0.25, 0.3) is 6.26 Å². The van der Waals surface area contributed by atoms with Gasteiger partial charge in [0.15, 0.2) is 0 Å². The number of hydrogen-bond acceptors (Lipinski definition) is 4. The number of nitriles is 1. The minimum absolute atomic E-state index is 0.0369. The number of amides is 1. The molecule has 1 fully saturated rings. The van der Waals surface area contributed by atoms with Crippen molar-refractivity contribution in [2.24, 2.45) is 0 Å². The number of halogens is 2. The van der Waals surface area contributed by atoms with Crippen LogP contribution in [0.4, 0.5) is 8.78 Å². The van der Waals surface area contributed by atoms with Gasteiger partial charge in [-0.1, -0.05) is 42.5 Å². The molecule has 140 valence electrons. The molecule has 0 spiro atoms. The molecule has 0 bridgehead atoms. The fraction of sp³-hybridized carbons (Fsp3) is 0.474. The van der Waals surface area contributed by atoms with Gasteiger partial charge in [-0.15, -0.1) is 0 Å². The van der Waals surface area contributed by atoms with Crippen molar-refractivity contribution in [3.8, 4) is 6.26 Å². The van der Waals surface area contributed by atoms with Crippen LogP contribution >= 0.6 is 0 Å². The molecule has 2 rings (SSSR count). The molecule has 7 heteroatoms. The van der Waals surface area contributed by atoms with E-state index in [4.69, 9.17) is 5.26 Å². The molecule has 1 aromatic rings. The molecule has 1 aliphatic rings. The summed E-state index contributed by atoms with van der Waals surface area (Å²) < 4.78 is 33.2. The van der Waals surface area contributed by atoms with Crippen LogP contribution in [-0.2, 0) is 15.5 Å². The van der Waals surface area contributed by atoms with Crippen molar-refractivity contribution in [3.63, 3.8) is 0 Å². The van der Waals surface area contributed by atoms with E-state index >= 15 is 0 Å². The van der Waals surface area contributed by atoms with Crippen LogP contribution in [-0.4, -0.2) is 41.2 Å². The summed E-state index contributed by atoms with van der Waals surface area (Å²) in [5, 5.41) is 18.2. The summed E-state index contributed by atoms with van der Waals surface area (Å²) in [5.74, 6) is -3.44.